The molecule has 0 aliphatic rings. The summed E-state index contributed by atoms with van der Waals surface area (Å²) in [5.41, 5.74) is 5.10. The van der Waals surface area contributed by atoms with E-state index in [1.807, 2.05) is 6.92 Å². The summed E-state index contributed by atoms with van der Waals surface area (Å²) in [4.78, 5) is 3.84. The topological polar surface area (TPSA) is 38.4 Å². The molecule has 46 valence electrons. The van der Waals surface area contributed by atoms with Crippen LogP contribution in [0, 0.1) is 0 Å². The average molecular weight is 193 g/mol. The largest absolute Gasteiger partial charge is 0.329 e. The summed E-state index contributed by atoms with van der Waals surface area (Å²) in [6.45, 7) is 3.30. The maximum absolute atomic E-state index is 5.10. The van der Waals surface area contributed by atoms with E-state index in [1.54, 1.807) is 6.21 Å². The van der Waals surface area contributed by atoms with Crippen molar-refractivity contribution in [2.45, 2.75) is 6.92 Å². The van der Waals surface area contributed by atoms with Gasteiger partial charge in [0.1, 0.15) is 0 Å². The van der Waals surface area contributed by atoms with Crippen LogP contribution in [0.1, 0.15) is 6.92 Å². The van der Waals surface area contributed by atoms with E-state index in [2.05, 4.69) is 4.99 Å². The Morgan fingerprint density at radius 2 is 2.29 bits per heavy atom. The monoisotopic (exact) mass is 192 g/mol. The van der Waals surface area contributed by atoms with E-state index in [0.29, 0.717) is 6.54 Å². The van der Waals surface area contributed by atoms with Gasteiger partial charge in [0.15, 0.2) is 0 Å². The van der Waals surface area contributed by atoms with Gasteiger partial charge in [-0.3, -0.25) is 4.99 Å². The third-order valence-electron chi connectivity index (χ3n) is 0.441. The van der Waals surface area contributed by atoms with Gasteiger partial charge in [-0.2, -0.15) is 0 Å². The zero-order chi connectivity index (χ0) is 4.83. The van der Waals surface area contributed by atoms with Gasteiger partial charge in [0, 0.05) is 27.0 Å². The van der Waals surface area contributed by atoms with Crippen molar-refractivity contribution >= 4 is 6.21 Å². The molecule has 0 amide bonds. The van der Waals surface area contributed by atoms with Crippen LogP contribution in [-0.2, 0) is 20.4 Å². The third-order valence-corrected chi connectivity index (χ3v) is 0.441. The number of aliphatic imine (C=N–C) groups is 1. The van der Waals surface area contributed by atoms with Crippen molar-refractivity contribution in [2.75, 3.05) is 13.1 Å². The molecule has 0 spiro atoms. The Bertz CT molecular complexity index is 45.0. The van der Waals surface area contributed by atoms with Gasteiger partial charge >= 0.3 is 0 Å². The Labute approximate surface area is 57.8 Å². The molecule has 0 atom stereocenters. The molecule has 0 aliphatic carbocycles. The zero-order valence-electron chi connectivity index (χ0n) is 4.33. The first-order chi connectivity index (χ1) is 2.91. The smallest absolute Gasteiger partial charge is 0.0507 e. The maximum Gasteiger partial charge on any atom is 0.0507 e. The molecule has 0 saturated heterocycles. The zero-order valence-corrected chi connectivity index (χ0v) is 5.89. The Kier molecular flexibility index (Phi) is 14.1. The van der Waals surface area contributed by atoms with Crippen molar-refractivity contribution < 1.29 is 20.4 Å². The molecule has 3 heteroatoms. The number of hydrogen-bond donors (Lipinski definition) is 1. The van der Waals surface area contributed by atoms with Crippen LogP contribution in [0.15, 0.2) is 4.99 Å². The summed E-state index contributed by atoms with van der Waals surface area (Å²) >= 11 is 0. The number of rotatable bonds is 2. The van der Waals surface area contributed by atoms with E-state index in [0.717, 1.165) is 6.54 Å². The average Bonchev–Trinajstić information content (AvgIpc) is 1.61. The first-order valence-corrected chi connectivity index (χ1v) is 2.06. The maximum atomic E-state index is 5.10. The molecule has 0 saturated carbocycles. The van der Waals surface area contributed by atoms with Crippen molar-refractivity contribution in [1.29, 1.82) is 0 Å². The molecule has 0 radical (unpaired) electrons. The predicted octanol–water partition coefficient (Wildman–Crippen LogP) is 0.0333. The summed E-state index contributed by atoms with van der Waals surface area (Å²) in [6.07, 6.45) is 1.76. The normalized spacial score (nSPS) is 8.86. The van der Waals surface area contributed by atoms with Crippen molar-refractivity contribution in [3.8, 4) is 0 Å². The van der Waals surface area contributed by atoms with E-state index in [9.17, 15) is 0 Å². The second-order valence-electron chi connectivity index (χ2n) is 0.953. The number of nitrogens with zero attached hydrogens (tertiary/aromatic N) is 1. The summed E-state index contributed by atoms with van der Waals surface area (Å²) < 4.78 is 0. The molecular weight excluding hydrogens is 182 g/mol. The molecule has 0 rings (SSSR count). The van der Waals surface area contributed by atoms with E-state index in [1.165, 1.54) is 0 Å². The van der Waals surface area contributed by atoms with Gasteiger partial charge in [-0.1, -0.05) is 0 Å². The minimum absolute atomic E-state index is 0. The van der Waals surface area contributed by atoms with Gasteiger partial charge in [-0.15, -0.1) is 0 Å². The van der Waals surface area contributed by atoms with Gasteiger partial charge in [0.2, 0.25) is 0 Å². The fraction of sp³-hybridized carbons (Fsp3) is 0.750. The second kappa shape index (κ2) is 9.57. The molecule has 0 unspecified atom stereocenters. The van der Waals surface area contributed by atoms with Crippen LogP contribution in [0.3, 0.4) is 0 Å². The Morgan fingerprint density at radius 1 is 1.71 bits per heavy atom. The van der Waals surface area contributed by atoms with E-state index >= 15 is 0 Å². The van der Waals surface area contributed by atoms with Gasteiger partial charge in [0.05, 0.1) is 6.54 Å². The Balaban J connectivity index is 0. The van der Waals surface area contributed by atoms with E-state index in [4.69, 9.17) is 5.73 Å². The van der Waals surface area contributed by atoms with E-state index in [-0.39, 0.29) is 20.4 Å². The molecule has 0 aliphatic heterocycles. The SMILES string of the molecule is CC=NCCN.[Pd]. The molecule has 7 heavy (non-hydrogen) atoms. The molecule has 0 heterocycles. The first-order valence-electron chi connectivity index (χ1n) is 2.06. The second-order valence-corrected chi connectivity index (χ2v) is 0.953. The standard InChI is InChI=1S/C4H10N2.Pd/c1-2-6-4-3-5;/h2H,3-5H2,1H3;. The summed E-state index contributed by atoms with van der Waals surface area (Å²) in [6, 6.07) is 0. The first kappa shape index (κ1) is 10.3. The molecule has 2 N–H and O–H groups in total. The van der Waals surface area contributed by atoms with Crippen LogP contribution in [0.4, 0.5) is 0 Å². The van der Waals surface area contributed by atoms with Crippen molar-refractivity contribution in [2.24, 2.45) is 10.7 Å². The van der Waals surface area contributed by atoms with Gasteiger partial charge < -0.3 is 5.73 Å². The molecule has 0 aromatic heterocycles. The summed E-state index contributed by atoms with van der Waals surface area (Å²) in [7, 11) is 0. The Morgan fingerprint density at radius 3 is 2.43 bits per heavy atom. The minimum atomic E-state index is 0. The Hall–Kier alpha value is 0.292. The van der Waals surface area contributed by atoms with Crippen LogP contribution in [0.5, 0.6) is 0 Å². The van der Waals surface area contributed by atoms with Crippen LogP contribution >= 0.6 is 0 Å². The summed E-state index contributed by atoms with van der Waals surface area (Å²) in [5, 5.41) is 0. The number of hydrogen-bond acceptors (Lipinski definition) is 2. The molecule has 0 fully saturated rings. The van der Waals surface area contributed by atoms with Crippen LogP contribution in [0.2, 0.25) is 0 Å². The van der Waals surface area contributed by atoms with Gasteiger partial charge in [-0.05, 0) is 13.1 Å². The fourth-order valence-electron chi connectivity index (χ4n) is 0.204. The molecule has 2 nitrogen and oxygen atoms in total. The van der Waals surface area contributed by atoms with Crippen LogP contribution in [-0.4, -0.2) is 19.3 Å². The molecule has 0 aromatic carbocycles. The van der Waals surface area contributed by atoms with Gasteiger partial charge in [0.25, 0.3) is 0 Å². The van der Waals surface area contributed by atoms with Crippen LogP contribution in [0.25, 0.3) is 0 Å². The predicted molar refractivity (Wildman–Crippen MR) is 28.1 cm³/mol. The van der Waals surface area contributed by atoms with Gasteiger partial charge in [-0.25, -0.2) is 0 Å². The minimum Gasteiger partial charge on any atom is -0.329 e. The van der Waals surface area contributed by atoms with Crippen LogP contribution < -0.4 is 5.73 Å². The molecule has 0 bridgehead atoms. The quantitative estimate of drug-likeness (QED) is 0.487. The third kappa shape index (κ3) is 10.7. The summed E-state index contributed by atoms with van der Waals surface area (Å²) in [5.74, 6) is 0. The van der Waals surface area contributed by atoms with E-state index < -0.39 is 0 Å². The number of nitrogens with two attached hydrogens (primary N) is 1. The van der Waals surface area contributed by atoms with Crippen molar-refractivity contribution in [3.63, 3.8) is 0 Å². The molecule has 0 aromatic rings. The molecular formula is C4H10N2Pd. The van der Waals surface area contributed by atoms with Crippen molar-refractivity contribution in [1.82, 2.24) is 0 Å². The van der Waals surface area contributed by atoms with Crippen molar-refractivity contribution in [3.05, 3.63) is 0 Å². The fourth-order valence-corrected chi connectivity index (χ4v) is 0.204.